The summed E-state index contributed by atoms with van der Waals surface area (Å²) in [5, 5.41) is 21.8. The van der Waals surface area contributed by atoms with E-state index in [0.717, 1.165) is 39.9 Å². The number of carbonyl (C=O) groups is 2. The summed E-state index contributed by atoms with van der Waals surface area (Å²) in [6.07, 6.45) is 3.62. The first-order valence-electron chi connectivity index (χ1n) is 11.4. The van der Waals surface area contributed by atoms with Crippen LogP contribution < -0.4 is 0 Å². The van der Waals surface area contributed by atoms with E-state index in [1.165, 1.54) is 12.4 Å². The van der Waals surface area contributed by atoms with Crippen molar-refractivity contribution in [3.05, 3.63) is 49.9 Å². The third-order valence-corrected chi connectivity index (χ3v) is 9.34. The molecule has 3 rings (SSSR count). The number of hydrogen-bond donors (Lipinski definition) is 1. The van der Waals surface area contributed by atoms with Crippen LogP contribution in [-0.4, -0.2) is 33.1 Å². The summed E-state index contributed by atoms with van der Waals surface area (Å²) < 4.78 is 23.6. The minimum atomic E-state index is -3.48. The molecule has 0 saturated heterocycles. The summed E-state index contributed by atoms with van der Waals surface area (Å²) in [6, 6.07) is 1.78. The van der Waals surface area contributed by atoms with E-state index in [4.69, 9.17) is 10.00 Å². The number of ether oxygens (including phenoxy) is 1. The number of fused-ring (bicyclic) bond motifs is 1. The maximum atomic E-state index is 13.8. The van der Waals surface area contributed by atoms with Gasteiger partial charge in [0, 0.05) is 5.56 Å². The number of thiocyanates is 1. The molecule has 0 radical (unpaired) electrons. The SMILES string of the molecule is CC(C)c1cc2c(c(C(C)C)c1C(C=O)CN=S(=O)(C#[N+]C#N)c1cnc(C(C)(C)O)s1)COC2=O. The highest BCUT2D eigenvalue weighted by molar-refractivity contribution is 7.99. The molecular formula is C25H29N4O5S2+. The largest absolute Gasteiger partial charge is 0.579 e. The topological polar surface area (TPSA) is 134 Å². The fourth-order valence-electron chi connectivity index (χ4n) is 4.17. The highest BCUT2D eigenvalue weighted by Crippen LogP contribution is 2.40. The third-order valence-electron chi connectivity index (χ3n) is 5.81. The Hall–Kier alpha value is -3.12. The van der Waals surface area contributed by atoms with Crippen molar-refractivity contribution in [2.45, 2.75) is 75.7 Å². The number of benzene rings is 1. The predicted octanol–water partition coefficient (Wildman–Crippen LogP) is 4.87. The molecule has 9 nitrogen and oxygen atoms in total. The van der Waals surface area contributed by atoms with E-state index >= 15 is 0 Å². The molecule has 0 spiro atoms. The highest BCUT2D eigenvalue weighted by atomic mass is 32.2. The van der Waals surface area contributed by atoms with Gasteiger partial charge in [-0.15, -0.1) is 11.3 Å². The number of cyclic esters (lactones) is 1. The summed E-state index contributed by atoms with van der Waals surface area (Å²) in [7, 11) is -3.48. The van der Waals surface area contributed by atoms with Crippen LogP contribution in [0.15, 0.2) is 20.8 Å². The summed E-state index contributed by atoms with van der Waals surface area (Å²) in [4.78, 5) is 32.3. The molecule has 1 aliphatic rings. The van der Waals surface area contributed by atoms with Crippen molar-refractivity contribution in [1.82, 2.24) is 4.98 Å². The Kier molecular flexibility index (Phi) is 7.99. The first-order chi connectivity index (χ1) is 16.8. The van der Waals surface area contributed by atoms with Gasteiger partial charge in [-0.2, -0.15) is 0 Å². The lowest BCUT2D eigenvalue weighted by Crippen LogP contribution is -2.16. The van der Waals surface area contributed by atoms with Gasteiger partial charge in [0.1, 0.15) is 27.7 Å². The van der Waals surface area contributed by atoms with Gasteiger partial charge >= 0.3 is 12.2 Å². The van der Waals surface area contributed by atoms with E-state index < -0.39 is 21.2 Å². The van der Waals surface area contributed by atoms with Crippen molar-refractivity contribution in [1.29, 1.82) is 5.26 Å². The minimum absolute atomic E-state index is 0.00874. The average molecular weight is 530 g/mol. The minimum Gasteiger partial charge on any atom is -0.457 e. The maximum Gasteiger partial charge on any atom is 0.579 e. The second-order valence-corrected chi connectivity index (χ2v) is 12.9. The van der Waals surface area contributed by atoms with Gasteiger partial charge in [-0.05, 0) is 48.4 Å². The molecule has 11 heteroatoms. The fourth-order valence-corrected chi connectivity index (χ4v) is 6.78. The first-order valence-corrected chi connectivity index (χ1v) is 13.8. The molecule has 1 aliphatic heterocycles. The van der Waals surface area contributed by atoms with E-state index in [1.54, 1.807) is 19.9 Å². The molecule has 36 heavy (non-hydrogen) atoms. The Morgan fingerprint density at radius 1 is 1.33 bits per heavy atom. The van der Waals surface area contributed by atoms with Gasteiger partial charge in [0.15, 0.2) is 5.26 Å². The number of nitriles is 1. The Bertz CT molecular complexity index is 1430. The summed E-state index contributed by atoms with van der Waals surface area (Å²) in [5.41, 5.74) is 2.44. The molecule has 0 aliphatic carbocycles. The quantitative estimate of drug-likeness (QED) is 0.293. The molecule has 2 unspecified atom stereocenters. The van der Waals surface area contributed by atoms with Crippen LogP contribution in [-0.2, 0) is 31.5 Å². The fraction of sp³-hybridized carbons (Fsp3) is 0.480. The molecular weight excluding hydrogens is 500 g/mol. The Morgan fingerprint density at radius 2 is 2.03 bits per heavy atom. The lowest BCUT2D eigenvalue weighted by Gasteiger charge is -2.25. The molecule has 2 aromatic rings. The van der Waals surface area contributed by atoms with E-state index in [0.29, 0.717) is 10.6 Å². The molecule has 190 valence electrons. The zero-order valence-electron chi connectivity index (χ0n) is 21.1. The van der Waals surface area contributed by atoms with E-state index in [1.807, 2.05) is 27.7 Å². The van der Waals surface area contributed by atoms with Crippen LogP contribution in [0, 0.1) is 16.9 Å². The van der Waals surface area contributed by atoms with Gasteiger partial charge in [-0.1, -0.05) is 32.5 Å². The van der Waals surface area contributed by atoms with Crippen LogP contribution in [0.5, 0.6) is 0 Å². The van der Waals surface area contributed by atoms with Gasteiger partial charge in [-0.3, -0.25) is 0 Å². The number of esters is 1. The Morgan fingerprint density at radius 3 is 2.56 bits per heavy atom. The molecule has 0 bridgehead atoms. The normalized spacial score (nSPS) is 15.4. The van der Waals surface area contributed by atoms with Crippen LogP contribution in [0.4, 0.5) is 0 Å². The molecule has 2 atom stereocenters. The molecule has 1 N–H and O–H groups in total. The number of aldehydes is 1. The van der Waals surface area contributed by atoms with E-state index in [2.05, 4.69) is 19.6 Å². The van der Waals surface area contributed by atoms with Crippen molar-refractivity contribution < 1.29 is 23.6 Å². The number of thiazole rings is 1. The average Bonchev–Trinajstić information content (AvgIpc) is 3.45. The Balaban J connectivity index is 2.20. The van der Waals surface area contributed by atoms with Crippen LogP contribution in [0.25, 0.3) is 4.85 Å². The highest BCUT2D eigenvalue weighted by Gasteiger charge is 2.33. The lowest BCUT2D eigenvalue weighted by molar-refractivity contribution is -0.108. The molecule has 0 fully saturated rings. The number of aliphatic hydroxyl groups is 1. The van der Waals surface area contributed by atoms with Gasteiger partial charge < -0.3 is 14.6 Å². The third kappa shape index (κ3) is 5.34. The van der Waals surface area contributed by atoms with Gasteiger partial charge in [-0.25, -0.2) is 18.4 Å². The number of hydrogen-bond acceptors (Lipinski definition) is 9. The summed E-state index contributed by atoms with van der Waals surface area (Å²) in [6.45, 7) is 11.0. The molecule has 1 aromatic heterocycles. The molecule has 0 amide bonds. The first kappa shape index (κ1) is 27.5. The molecule has 1 aromatic carbocycles. The zero-order valence-corrected chi connectivity index (χ0v) is 22.7. The van der Waals surface area contributed by atoms with Crippen LogP contribution in [0.1, 0.15) is 96.9 Å². The standard InChI is InChI=1S/C25H29N4O5S2/c1-14(2)17-7-18-19(11-34-23(18)31)21(15(3)4)22(17)16(10-30)8-29-36(33,13-27-12-26)20-9-28-24(35-20)25(5,6)32/h7,9-10,14-16,32H,8,11H2,1-6H3/q+1. The second-order valence-electron chi connectivity index (χ2n) is 9.63. The summed E-state index contributed by atoms with van der Waals surface area (Å²) >= 11 is 0.980. The van der Waals surface area contributed by atoms with E-state index in [9.17, 15) is 18.9 Å². The van der Waals surface area contributed by atoms with E-state index in [-0.39, 0.29) is 35.2 Å². The van der Waals surface area contributed by atoms with Gasteiger partial charge in [0.25, 0.3) is 5.40 Å². The summed E-state index contributed by atoms with van der Waals surface area (Å²) in [5.74, 6) is -1.18. The van der Waals surface area contributed by atoms with Gasteiger partial charge in [0.05, 0.1) is 24.2 Å². The van der Waals surface area contributed by atoms with Crippen molar-refractivity contribution in [2.75, 3.05) is 6.54 Å². The number of aromatic nitrogens is 1. The lowest BCUT2D eigenvalue weighted by atomic mass is 9.78. The van der Waals surface area contributed by atoms with Crippen molar-refractivity contribution >= 4 is 33.3 Å². The van der Waals surface area contributed by atoms with Crippen molar-refractivity contribution in [3.63, 3.8) is 0 Å². The molecule has 0 saturated carbocycles. The van der Waals surface area contributed by atoms with Crippen molar-refractivity contribution in [2.24, 2.45) is 4.36 Å². The van der Waals surface area contributed by atoms with Crippen LogP contribution in [0.3, 0.4) is 0 Å². The predicted molar refractivity (Wildman–Crippen MR) is 136 cm³/mol. The Labute approximate surface area is 215 Å². The van der Waals surface area contributed by atoms with Crippen molar-refractivity contribution in [3.8, 4) is 11.6 Å². The second kappa shape index (κ2) is 10.5. The monoisotopic (exact) mass is 529 g/mol. The van der Waals surface area contributed by atoms with Gasteiger partial charge in [0.2, 0.25) is 9.73 Å². The smallest absolute Gasteiger partial charge is 0.457 e. The number of nitrogens with zero attached hydrogens (tertiary/aromatic N) is 4. The zero-order chi connectivity index (χ0) is 26.8. The van der Waals surface area contributed by atoms with Crippen LogP contribution in [0.2, 0.25) is 0 Å². The van der Waals surface area contributed by atoms with Crippen LogP contribution >= 0.6 is 11.3 Å². The number of carbonyl (C=O) groups excluding carboxylic acids is 2. The maximum absolute atomic E-state index is 13.8. The number of rotatable bonds is 8. The molecule has 2 heterocycles.